The van der Waals surface area contributed by atoms with Gasteiger partial charge in [0.2, 0.25) is 0 Å². The zero-order chi connectivity index (χ0) is 13.8. The number of rotatable bonds is 4. The second-order valence-corrected chi connectivity index (χ2v) is 6.08. The van der Waals surface area contributed by atoms with Gasteiger partial charge in [0.25, 0.3) is 5.56 Å². The summed E-state index contributed by atoms with van der Waals surface area (Å²) in [5, 5.41) is 10.9. The molecule has 106 valence electrons. The number of aromatic nitrogens is 2. The summed E-state index contributed by atoms with van der Waals surface area (Å²) in [4.78, 5) is 12.1. The van der Waals surface area contributed by atoms with Crippen molar-refractivity contribution in [3.05, 3.63) is 21.0 Å². The van der Waals surface area contributed by atoms with E-state index in [2.05, 4.69) is 31.7 Å². The molecule has 2 heterocycles. The number of nitrogens with one attached hydrogen (secondary N) is 2. The first-order valence-electron chi connectivity index (χ1n) is 6.81. The predicted molar refractivity (Wildman–Crippen MR) is 80.7 cm³/mol. The lowest BCUT2D eigenvalue weighted by Crippen LogP contribution is -2.32. The van der Waals surface area contributed by atoms with E-state index in [4.69, 9.17) is 0 Å². The number of anilines is 1. The van der Waals surface area contributed by atoms with E-state index in [1.807, 2.05) is 13.8 Å². The maximum Gasteiger partial charge on any atom is 0.283 e. The van der Waals surface area contributed by atoms with Crippen LogP contribution in [0.25, 0.3) is 0 Å². The molecule has 5 nitrogen and oxygen atoms in total. The van der Waals surface area contributed by atoms with E-state index in [9.17, 15) is 4.79 Å². The number of hydrogen-bond acceptors (Lipinski definition) is 4. The molecular formula is C13H21BrN4O. The van der Waals surface area contributed by atoms with Crippen molar-refractivity contribution in [3.63, 3.8) is 0 Å². The normalized spacial score (nSPS) is 16.8. The summed E-state index contributed by atoms with van der Waals surface area (Å²) < 4.78 is 2.06. The maximum atomic E-state index is 12.1. The maximum absolute atomic E-state index is 12.1. The molecule has 1 aromatic rings. The van der Waals surface area contributed by atoms with Gasteiger partial charge in [-0.15, -0.1) is 0 Å². The third-order valence-electron chi connectivity index (χ3n) is 3.47. The van der Waals surface area contributed by atoms with E-state index in [-0.39, 0.29) is 11.6 Å². The van der Waals surface area contributed by atoms with Gasteiger partial charge in [-0.3, -0.25) is 4.79 Å². The second kappa shape index (κ2) is 6.52. The van der Waals surface area contributed by atoms with Crippen LogP contribution in [0.3, 0.4) is 0 Å². The fourth-order valence-electron chi connectivity index (χ4n) is 2.28. The Morgan fingerprint density at radius 1 is 1.53 bits per heavy atom. The summed E-state index contributed by atoms with van der Waals surface area (Å²) in [5.74, 6) is 0.667. The van der Waals surface area contributed by atoms with Crippen LogP contribution in [0, 0.1) is 5.92 Å². The average molecular weight is 329 g/mol. The highest BCUT2D eigenvalue weighted by atomic mass is 79.9. The van der Waals surface area contributed by atoms with Crippen molar-refractivity contribution in [2.24, 2.45) is 5.92 Å². The molecule has 6 heteroatoms. The summed E-state index contributed by atoms with van der Waals surface area (Å²) in [6.45, 7) is 6.96. The minimum atomic E-state index is -0.0784. The van der Waals surface area contributed by atoms with Crippen LogP contribution in [0.4, 0.5) is 5.69 Å². The summed E-state index contributed by atoms with van der Waals surface area (Å²) in [6.07, 6.45) is 4.09. The molecule has 1 saturated heterocycles. The fourth-order valence-corrected chi connectivity index (χ4v) is 2.70. The zero-order valence-electron chi connectivity index (χ0n) is 11.4. The van der Waals surface area contributed by atoms with Gasteiger partial charge < -0.3 is 10.6 Å². The lowest BCUT2D eigenvalue weighted by molar-refractivity contribution is 0.389. The Labute approximate surface area is 121 Å². The van der Waals surface area contributed by atoms with Gasteiger partial charge in [0.1, 0.15) is 4.47 Å². The van der Waals surface area contributed by atoms with Crippen LogP contribution in [0.1, 0.15) is 32.7 Å². The summed E-state index contributed by atoms with van der Waals surface area (Å²) >= 11 is 3.38. The molecule has 0 atom stereocenters. The Morgan fingerprint density at radius 3 is 2.84 bits per heavy atom. The number of hydrogen-bond donors (Lipinski definition) is 2. The number of nitrogens with zero attached hydrogens (tertiary/aromatic N) is 2. The summed E-state index contributed by atoms with van der Waals surface area (Å²) in [5.41, 5.74) is 0.714. The Balaban J connectivity index is 2.04. The average Bonchev–Trinajstić information content (AvgIpc) is 2.41. The molecule has 0 amide bonds. The van der Waals surface area contributed by atoms with Crippen molar-refractivity contribution in [1.29, 1.82) is 0 Å². The first-order valence-corrected chi connectivity index (χ1v) is 7.60. The molecule has 1 aliphatic heterocycles. The van der Waals surface area contributed by atoms with E-state index in [1.165, 1.54) is 17.5 Å². The van der Waals surface area contributed by atoms with E-state index in [0.717, 1.165) is 25.3 Å². The van der Waals surface area contributed by atoms with E-state index >= 15 is 0 Å². The quantitative estimate of drug-likeness (QED) is 0.887. The molecule has 1 aromatic heterocycles. The van der Waals surface area contributed by atoms with E-state index in [1.54, 1.807) is 6.20 Å². The molecule has 0 spiro atoms. The van der Waals surface area contributed by atoms with Crippen LogP contribution in [-0.4, -0.2) is 29.4 Å². The van der Waals surface area contributed by atoms with Crippen LogP contribution in [0.2, 0.25) is 0 Å². The lowest BCUT2D eigenvalue weighted by atomic mass is 9.98. The standard InChI is InChI=1S/C13H21BrN4O/c1-9(2)18-13(19)12(14)11(8-17-18)16-7-10-3-5-15-6-4-10/h8-10,15-16H,3-7H2,1-2H3. The van der Waals surface area contributed by atoms with Crippen LogP contribution in [0.15, 0.2) is 15.5 Å². The van der Waals surface area contributed by atoms with Crippen LogP contribution in [0.5, 0.6) is 0 Å². The van der Waals surface area contributed by atoms with E-state index < -0.39 is 0 Å². The van der Waals surface area contributed by atoms with Crippen molar-refractivity contribution in [1.82, 2.24) is 15.1 Å². The fraction of sp³-hybridized carbons (Fsp3) is 0.692. The zero-order valence-corrected chi connectivity index (χ0v) is 13.0. The summed E-state index contributed by atoms with van der Waals surface area (Å²) in [7, 11) is 0. The van der Waals surface area contributed by atoms with Gasteiger partial charge in [0, 0.05) is 6.54 Å². The Bertz CT molecular complexity index is 480. The number of halogens is 1. The molecule has 2 rings (SSSR count). The molecule has 0 bridgehead atoms. The molecule has 0 unspecified atom stereocenters. The van der Waals surface area contributed by atoms with Gasteiger partial charge in [-0.25, -0.2) is 4.68 Å². The third kappa shape index (κ3) is 3.57. The molecule has 0 radical (unpaired) electrons. The van der Waals surface area contributed by atoms with Gasteiger partial charge in [0.05, 0.1) is 17.9 Å². The third-order valence-corrected chi connectivity index (χ3v) is 4.24. The molecule has 0 saturated carbocycles. The Kier molecular flexibility index (Phi) is 4.99. The van der Waals surface area contributed by atoms with Gasteiger partial charge in [0.15, 0.2) is 0 Å². The predicted octanol–water partition coefficient (Wildman–Crippen LogP) is 2.00. The Hall–Kier alpha value is -0.880. The molecule has 19 heavy (non-hydrogen) atoms. The van der Waals surface area contributed by atoms with Crippen LogP contribution >= 0.6 is 15.9 Å². The van der Waals surface area contributed by atoms with Crippen molar-refractivity contribution in [2.45, 2.75) is 32.7 Å². The minimum Gasteiger partial charge on any atom is -0.382 e. The van der Waals surface area contributed by atoms with Gasteiger partial charge >= 0.3 is 0 Å². The van der Waals surface area contributed by atoms with Crippen molar-refractivity contribution >= 4 is 21.6 Å². The largest absolute Gasteiger partial charge is 0.382 e. The van der Waals surface area contributed by atoms with Crippen LogP contribution in [-0.2, 0) is 0 Å². The van der Waals surface area contributed by atoms with E-state index in [0.29, 0.717) is 10.4 Å². The van der Waals surface area contributed by atoms with Gasteiger partial charge in [-0.1, -0.05) is 0 Å². The first-order chi connectivity index (χ1) is 9.09. The smallest absolute Gasteiger partial charge is 0.283 e. The SMILES string of the molecule is CC(C)n1ncc(NCC2CCNCC2)c(Br)c1=O. The molecule has 0 aliphatic carbocycles. The molecule has 0 aromatic carbocycles. The molecule has 1 aliphatic rings. The van der Waals surface area contributed by atoms with Crippen molar-refractivity contribution in [3.8, 4) is 0 Å². The monoisotopic (exact) mass is 328 g/mol. The number of piperidine rings is 1. The highest BCUT2D eigenvalue weighted by Gasteiger charge is 2.15. The van der Waals surface area contributed by atoms with Gasteiger partial charge in [-0.05, 0) is 61.6 Å². The highest BCUT2D eigenvalue weighted by molar-refractivity contribution is 9.10. The molecular weight excluding hydrogens is 308 g/mol. The van der Waals surface area contributed by atoms with Gasteiger partial charge in [-0.2, -0.15) is 5.10 Å². The van der Waals surface area contributed by atoms with Crippen LogP contribution < -0.4 is 16.2 Å². The molecule has 2 N–H and O–H groups in total. The van der Waals surface area contributed by atoms with Crippen molar-refractivity contribution in [2.75, 3.05) is 25.0 Å². The van der Waals surface area contributed by atoms with Crippen molar-refractivity contribution < 1.29 is 0 Å². The Morgan fingerprint density at radius 2 is 2.21 bits per heavy atom. The minimum absolute atomic E-state index is 0.0715. The topological polar surface area (TPSA) is 59.0 Å². The summed E-state index contributed by atoms with van der Waals surface area (Å²) in [6, 6.07) is 0.0715. The lowest BCUT2D eigenvalue weighted by Gasteiger charge is -2.23. The second-order valence-electron chi connectivity index (χ2n) is 5.29. The first kappa shape index (κ1) is 14.5. The molecule has 1 fully saturated rings. The highest BCUT2D eigenvalue weighted by Crippen LogP contribution is 2.19.